The monoisotopic (exact) mass is 509 g/mol. The first-order chi connectivity index (χ1) is 16.9. The molecule has 7 nitrogen and oxygen atoms in total. The van der Waals surface area contributed by atoms with Crippen molar-refractivity contribution in [2.45, 2.75) is 25.4 Å². The molecule has 0 spiro atoms. The van der Waals surface area contributed by atoms with Gasteiger partial charge in [0.05, 0.1) is 5.92 Å². The SMILES string of the molecule is C[S+]([O-])N1CCC(n2cc(-c3cccc(C(N)=S)c3)c3ccc(CNC(=O)C4CNC4)cc32)CC1. The van der Waals surface area contributed by atoms with Crippen molar-refractivity contribution in [1.82, 2.24) is 19.5 Å². The topological polar surface area (TPSA) is 98.4 Å². The van der Waals surface area contributed by atoms with Gasteiger partial charge in [-0.3, -0.25) is 4.79 Å². The van der Waals surface area contributed by atoms with Crippen molar-refractivity contribution >= 4 is 45.4 Å². The standard InChI is InChI=1S/C26H31N5O2S2/c1-35(33)30-9-7-21(8-10-30)31-16-23(18-3-2-4-19(12-18)25(27)34)22-6-5-17(11-24(22)31)13-29-26(32)20-14-28-15-20/h2-6,11-12,16,20-21,28H,7-10,13-15H2,1H3,(H2,27,34)(H,29,32). The third-order valence-electron chi connectivity index (χ3n) is 7.16. The highest BCUT2D eigenvalue weighted by Gasteiger charge is 2.27. The molecule has 3 aromatic rings. The van der Waals surface area contributed by atoms with Crippen molar-refractivity contribution in [3.8, 4) is 11.1 Å². The van der Waals surface area contributed by atoms with E-state index < -0.39 is 11.4 Å². The second-order valence-electron chi connectivity index (χ2n) is 9.40. The molecule has 2 aliphatic heterocycles. The van der Waals surface area contributed by atoms with Crippen LogP contribution in [-0.2, 0) is 22.7 Å². The lowest BCUT2D eigenvalue weighted by Gasteiger charge is -2.31. The van der Waals surface area contributed by atoms with Gasteiger partial charge in [-0.2, -0.15) is 0 Å². The number of fused-ring (bicyclic) bond motifs is 1. The lowest BCUT2D eigenvalue weighted by Crippen LogP contribution is -2.50. The predicted octanol–water partition coefficient (Wildman–Crippen LogP) is 2.71. The Morgan fingerprint density at radius 3 is 2.66 bits per heavy atom. The van der Waals surface area contributed by atoms with Crippen LogP contribution in [0, 0.1) is 5.92 Å². The van der Waals surface area contributed by atoms with Crippen LogP contribution in [0.4, 0.5) is 0 Å². The van der Waals surface area contributed by atoms with E-state index >= 15 is 0 Å². The fourth-order valence-corrected chi connectivity index (χ4v) is 5.82. The molecule has 3 heterocycles. The molecule has 0 aliphatic carbocycles. The highest BCUT2D eigenvalue weighted by molar-refractivity contribution is 7.88. The van der Waals surface area contributed by atoms with Gasteiger partial charge in [0, 0.05) is 78.4 Å². The maximum atomic E-state index is 12.3. The molecule has 184 valence electrons. The molecule has 1 atom stereocenters. The van der Waals surface area contributed by atoms with E-state index in [-0.39, 0.29) is 11.8 Å². The molecule has 0 bridgehead atoms. The van der Waals surface area contributed by atoms with Crippen LogP contribution in [0.2, 0.25) is 0 Å². The van der Waals surface area contributed by atoms with Crippen LogP contribution in [0.15, 0.2) is 48.7 Å². The van der Waals surface area contributed by atoms with E-state index in [9.17, 15) is 9.35 Å². The first-order valence-corrected chi connectivity index (χ1v) is 13.9. The van der Waals surface area contributed by atoms with Crippen molar-refractivity contribution < 1.29 is 9.35 Å². The Morgan fingerprint density at radius 1 is 1.23 bits per heavy atom. The van der Waals surface area contributed by atoms with Crippen LogP contribution < -0.4 is 16.4 Å². The number of amides is 1. The smallest absolute Gasteiger partial charge is 0.225 e. The van der Waals surface area contributed by atoms with E-state index in [4.69, 9.17) is 18.0 Å². The van der Waals surface area contributed by atoms with E-state index in [2.05, 4.69) is 45.7 Å². The number of nitrogens with zero attached hydrogens (tertiary/aromatic N) is 2. The summed E-state index contributed by atoms with van der Waals surface area (Å²) in [6, 6.07) is 14.8. The van der Waals surface area contributed by atoms with Crippen molar-refractivity contribution in [3.05, 3.63) is 59.8 Å². The number of nitrogens with two attached hydrogens (primary N) is 1. The Kier molecular flexibility index (Phi) is 7.13. The zero-order chi connectivity index (χ0) is 24.5. The first kappa shape index (κ1) is 24.3. The fraction of sp³-hybridized carbons (Fsp3) is 0.385. The van der Waals surface area contributed by atoms with Crippen molar-refractivity contribution in [2.24, 2.45) is 11.7 Å². The molecule has 2 aromatic carbocycles. The van der Waals surface area contributed by atoms with Crippen LogP contribution in [0.25, 0.3) is 22.0 Å². The van der Waals surface area contributed by atoms with Gasteiger partial charge in [0.1, 0.15) is 11.2 Å². The number of rotatable bonds is 7. The van der Waals surface area contributed by atoms with Gasteiger partial charge in [-0.15, -0.1) is 4.31 Å². The number of thiocarbonyl (C=S) groups is 1. The van der Waals surface area contributed by atoms with Crippen LogP contribution in [0.1, 0.15) is 30.0 Å². The molecule has 9 heteroatoms. The van der Waals surface area contributed by atoms with Gasteiger partial charge in [0.15, 0.2) is 0 Å². The molecule has 35 heavy (non-hydrogen) atoms. The third kappa shape index (κ3) is 5.10. The molecule has 4 N–H and O–H groups in total. The number of nitrogens with one attached hydrogen (secondary N) is 2. The van der Waals surface area contributed by atoms with Crippen molar-refractivity contribution in [2.75, 3.05) is 32.4 Å². The van der Waals surface area contributed by atoms with Crippen LogP contribution >= 0.6 is 12.2 Å². The first-order valence-electron chi connectivity index (χ1n) is 12.0. The quantitative estimate of drug-likeness (QED) is 0.335. The highest BCUT2D eigenvalue weighted by Crippen LogP contribution is 2.36. The van der Waals surface area contributed by atoms with Gasteiger partial charge in [0.25, 0.3) is 0 Å². The highest BCUT2D eigenvalue weighted by atomic mass is 32.2. The normalized spacial score (nSPS) is 18.3. The molecule has 0 radical (unpaired) electrons. The van der Waals surface area contributed by atoms with E-state index in [0.717, 1.165) is 72.2 Å². The summed E-state index contributed by atoms with van der Waals surface area (Å²) in [4.78, 5) is 12.7. The summed E-state index contributed by atoms with van der Waals surface area (Å²) in [5, 5.41) is 7.39. The Morgan fingerprint density at radius 2 is 2.00 bits per heavy atom. The average Bonchev–Trinajstić information content (AvgIpc) is 3.20. The number of hydrogen-bond donors (Lipinski definition) is 3. The molecule has 5 rings (SSSR count). The molecule has 2 aliphatic rings. The second-order valence-corrected chi connectivity index (χ2v) is 11.2. The zero-order valence-electron chi connectivity index (χ0n) is 19.8. The van der Waals surface area contributed by atoms with Gasteiger partial charge >= 0.3 is 0 Å². The van der Waals surface area contributed by atoms with Gasteiger partial charge in [-0.1, -0.05) is 42.5 Å². The molecular weight excluding hydrogens is 478 g/mol. The minimum Gasteiger partial charge on any atom is -0.598 e. The molecule has 0 saturated carbocycles. The summed E-state index contributed by atoms with van der Waals surface area (Å²) in [5.74, 6) is 0.179. The summed E-state index contributed by atoms with van der Waals surface area (Å²) in [7, 11) is 0. The van der Waals surface area contributed by atoms with Gasteiger partial charge in [-0.25, -0.2) is 0 Å². The minimum absolute atomic E-state index is 0.0735. The molecule has 1 amide bonds. The summed E-state index contributed by atoms with van der Waals surface area (Å²) >= 11 is 4.27. The summed E-state index contributed by atoms with van der Waals surface area (Å²) < 4.78 is 16.3. The van der Waals surface area contributed by atoms with Crippen molar-refractivity contribution in [1.29, 1.82) is 0 Å². The van der Waals surface area contributed by atoms with Crippen LogP contribution in [-0.4, -0.2) is 56.8 Å². The molecule has 1 aromatic heterocycles. The Bertz CT molecular complexity index is 1250. The van der Waals surface area contributed by atoms with Gasteiger partial charge in [-0.05, 0) is 36.1 Å². The summed E-state index contributed by atoms with van der Waals surface area (Å²) in [6.45, 7) is 3.64. The number of aromatic nitrogens is 1. The van der Waals surface area contributed by atoms with Crippen LogP contribution in [0.3, 0.4) is 0 Å². The van der Waals surface area contributed by atoms with E-state index in [1.54, 1.807) is 6.26 Å². The predicted molar refractivity (Wildman–Crippen MR) is 145 cm³/mol. The minimum atomic E-state index is -0.938. The molecule has 2 fully saturated rings. The lowest BCUT2D eigenvalue weighted by atomic mass is 10.0. The number of hydrogen-bond acceptors (Lipinski definition) is 5. The Labute approximate surface area is 214 Å². The molecule has 2 saturated heterocycles. The van der Waals surface area contributed by atoms with E-state index in [1.807, 2.05) is 22.5 Å². The Hall–Kier alpha value is -2.43. The summed E-state index contributed by atoms with van der Waals surface area (Å²) in [6.07, 6.45) is 5.85. The van der Waals surface area contributed by atoms with Gasteiger partial charge < -0.3 is 25.5 Å². The average molecular weight is 510 g/mol. The number of piperidine rings is 1. The maximum Gasteiger partial charge on any atom is 0.225 e. The van der Waals surface area contributed by atoms with E-state index in [1.165, 1.54) is 0 Å². The third-order valence-corrected chi connectivity index (χ3v) is 8.48. The summed E-state index contributed by atoms with van der Waals surface area (Å²) in [5.41, 5.74) is 11.2. The largest absolute Gasteiger partial charge is 0.598 e. The zero-order valence-corrected chi connectivity index (χ0v) is 21.5. The maximum absolute atomic E-state index is 12.3. The lowest BCUT2D eigenvalue weighted by molar-refractivity contribution is -0.126. The number of carbonyl (C=O) groups is 1. The van der Waals surface area contributed by atoms with Gasteiger partial charge in [0.2, 0.25) is 5.91 Å². The molecular formula is C26H31N5O2S2. The van der Waals surface area contributed by atoms with Crippen molar-refractivity contribution in [3.63, 3.8) is 0 Å². The van der Waals surface area contributed by atoms with E-state index in [0.29, 0.717) is 17.6 Å². The Balaban J connectivity index is 1.49. The number of carbonyl (C=O) groups excluding carboxylic acids is 1. The second kappa shape index (κ2) is 10.3. The fourth-order valence-electron chi connectivity index (χ4n) is 4.96. The molecule has 1 unspecified atom stereocenters. The number of benzene rings is 2. The van der Waals surface area contributed by atoms with Crippen LogP contribution in [0.5, 0.6) is 0 Å².